The number of carbonyl (C=O) groups is 3. The molecular weight excluding hydrogens is 358 g/mol. The number of nitrogens with one attached hydrogen (secondary N) is 1. The van der Waals surface area contributed by atoms with E-state index in [-0.39, 0.29) is 6.42 Å². The molecule has 6 nitrogen and oxygen atoms in total. The van der Waals surface area contributed by atoms with Crippen molar-refractivity contribution >= 4 is 28.6 Å². The minimum absolute atomic E-state index is 0.0427. The quantitative estimate of drug-likeness (QED) is 0.668. The van der Waals surface area contributed by atoms with E-state index in [2.05, 4.69) is 5.32 Å². The van der Waals surface area contributed by atoms with E-state index >= 15 is 0 Å². The molecule has 3 aromatic carbocycles. The molecule has 0 bridgehead atoms. The molecule has 0 saturated carbocycles. The van der Waals surface area contributed by atoms with E-state index in [9.17, 15) is 14.4 Å². The molecule has 6 heteroatoms. The lowest BCUT2D eigenvalue weighted by molar-refractivity contribution is -0.147. The summed E-state index contributed by atoms with van der Waals surface area (Å²) in [6, 6.07) is 19.7. The first kappa shape index (κ1) is 19.1. The van der Waals surface area contributed by atoms with Crippen molar-refractivity contribution in [2.45, 2.75) is 6.42 Å². The molecule has 1 N–H and O–H groups in total. The zero-order valence-corrected chi connectivity index (χ0v) is 15.3. The van der Waals surface area contributed by atoms with Crippen LogP contribution in [0.15, 0.2) is 66.7 Å². The summed E-state index contributed by atoms with van der Waals surface area (Å²) in [7, 11) is 1.52. The van der Waals surface area contributed by atoms with Gasteiger partial charge in [-0.1, -0.05) is 42.5 Å². The first-order valence-corrected chi connectivity index (χ1v) is 8.67. The number of benzene rings is 3. The third kappa shape index (κ3) is 4.73. The van der Waals surface area contributed by atoms with Gasteiger partial charge in [0.15, 0.2) is 6.61 Å². The number of hydrogen-bond donors (Lipinski definition) is 1. The maximum Gasteiger partial charge on any atom is 0.310 e. The van der Waals surface area contributed by atoms with Crippen molar-refractivity contribution < 1.29 is 23.9 Å². The van der Waals surface area contributed by atoms with Crippen LogP contribution < -0.4 is 10.1 Å². The van der Waals surface area contributed by atoms with Crippen molar-refractivity contribution in [2.75, 3.05) is 13.7 Å². The van der Waals surface area contributed by atoms with Crippen LogP contribution in [-0.2, 0) is 20.7 Å². The number of carbonyl (C=O) groups excluding carboxylic acids is 3. The topological polar surface area (TPSA) is 81.7 Å². The van der Waals surface area contributed by atoms with Gasteiger partial charge in [-0.05, 0) is 40.6 Å². The van der Waals surface area contributed by atoms with Gasteiger partial charge in [-0.25, -0.2) is 0 Å². The molecule has 3 rings (SSSR count). The summed E-state index contributed by atoms with van der Waals surface area (Å²) < 4.78 is 10.0. The number of imide groups is 1. The highest BCUT2D eigenvalue weighted by Gasteiger charge is 2.14. The fraction of sp³-hybridized carbons (Fsp3) is 0.136. The summed E-state index contributed by atoms with van der Waals surface area (Å²) in [5.41, 5.74) is 1.12. The Morgan fingerprint density at radius 3 is 2.36 bits per heavy atom. The van der Waals surface area contributed by atoms with Gasteiger partial charge >= 0.3 is 5.97 Å². The van der Waals surface area contributed by atoms with Crippen LogP contribution in [0.4, 0.5) is 0 Å². The van der Waals surface area contributed by atoms with Crippen LogP contribution in [0.3, 0.4) is 0 Å². The lowest BCUT2D eigenvalue weighted by Gasteiger charge is -2.08. The van der Waals surface area contributed by atoms with Gasteiger partial charge in [-0.15, -0.1) is 0 Å². The summed E-state index contributed by atoms with van der Waals surface area (Å²) in [6.45, 7) is -0.522. The molecule has 0 aromatic heterocycles. The number of esters is 1. The van der Waals surface area contributed by atoms with Crippen LogP contribution in [0, 0.1) is 0 Å². The summed E-state index contributed by atoms with van der Waals surface area (Å²) >= 11 is 0. The molecule has 0 atom stereocenters. The number of methoxy groups -OCH3 is 1. The number of hydrogen-bond acceptors (Lipinski definition) is 5. The SMILES string of the molecule is COc1ccc(C(=O)NC(=O)COC(=O)Cc2cccc3ccccc23)cc1. The predicted molar refractivity (Wildman–Crippen MR) is 104 cm³/mol. The van der Waals surface area contributed by atoms with Gasteiger partial charge in [-0.3, -0.25) is 19.7 Å². The third-order valence-electron chi connectivity index (χ3n) is 4.18. The highest BCUT2D eigenvalue weighted by Crippen LogP contribution is 2.19. The normalized spacial score (nSPS) is 10.3. The van der Waals surface area contributed by atoms with E-state index < -0.39 is 24.4 Å². The Balaban J connectivity index is 1.52. The molecule has 28 heavy (non-hydrogen) atoms. The van der Waals surface area contributed by atoms with Gasteiger partial charge in [0.25, 0.3) is 11.8 Å². The molecule has 142 valence electrons. The molecule has 0 aliphatic heterocycles. The molecular formula is C22H19NO5. The van der Waals surface area contributed by atoms with Gasteiger partial charge < -0.3 is 9.47 Å². The van der Waals surface area contributed by atoms with Gasteiger partial charge in [0.1, 0.15) is 5.75 Å². The number of ether oxygens (including phenoxy) is 2. The Hall–Kier alpha value is -3.67. The van der Waals surface area contributed by atoms with E-state index in [0.717, 1.165) is 16.3 Å². The second kappa shape index (κ2) is 8.81. The molecule has 0 spiro atoms. The zero-order chi connectivity index (χ0) is 19.9. The second-order valence-corrected chi connectivity index (χ2v) is 6.08. The average Bonchev–Trinajstić information content (AvgIpc) is 2.72. The van der Waals surface area contributed by atoms with E-state index in [1.54, 1.807) is 12.1 Å². The van der Waals surface area contributed by atoms with Crippen LogP contribution in [-0.4, -0.2) is 31.5 Å². The lowest BCUT2D eigenvalue weighted by Crippen LogP contribution is -2.34. The number of amides is 2. The summed E-state index contributed by atoms with van der Waals surface area (Å²) in [5.74, 6) is -1.20. The molecule has 0 fully saturated rings. The Kier molecular flexibility index (Phi) is 6.01. The van der Waals surface area contributed by atoms with Crippen molar-refractivity contribution in [3.05, 3.63) is 77.9 Å². The molecule has 2 amide bonds. The minimum atomic E-state index is -0.688. The Bertz CT molecular complexity index is 1010. The maximum absolute atomic E-state index is 12.1. The van der Waals surface area contributed by atoms with E-state index in [0.29, 0.717) is 11.3 Å². The van der Waals surface area contributed by atoms with Crippen LogP contribution in [0.1, 0.15) is 15.9 Å². The van der Waals surface area contributed by atoms with E-state index in [4.69, 9.17) is 9.47 Å². The number of fused-ring (bicyclic) bond motifs is 1. The smallest absolute Gasteiger partial charge is 0.310 e. The fourth-order valence-corrected chi connectivity index (χ4v) is 2.78. The van der Waals surface area contributed by atoms with Crippen molar-refractivity contribution in [2.24, 2.45) is 0 Å². The second-order valence-electron chi connectivity index (χ2n) is 6.08. The van der Waals surface area contributed by atoms with Gasteiger partial charge in [0.2, 0.25) is 0 Å². The molecule has 0 unspecified atom stereocenters. The van der Waals surface area contributed by atoms with E-state index in [1.807, 2.05) is 42.5 Å². The van der Waals surface area contributed by atoms with Crippen molar-refractivity contribution in [3.63, 3.8) is 0 Å². The highest BCUT2D eigenvalue weighted by atomic mass is 16.5. The first-order chi connectivity index (χ1) is 13.6. The standard InChI is InChI=1S/C22H19NO5/c1-27-18-11-9-16(10-12-18)22(26)23-20(24)14-28-21(25)13-17-7-4-6-15-5-2-3-8-19(15)17/h2-12H,13-14H2,1H3,(H,23,24,26). The van der Waals surface area contributed by atoms with Crippen molar-refractivity contribution in [1.82, 2.24) is 5.32 Å². The van der Waals surface area contributed by atoms with Gasteiger partial charge in [-0.2, -0.15) is 0 Å². The molecule has 0 aliphatic carbocycles. The largest absolute Gasteiger partial charge is 0.497 e. The molecule has 0 heterocycles. The highest BCUT2D eigenvalue weighted by molar-refractivity contribution is 6.05. The van der Waals surface area contributed by atoms with Crippen LogP contribution in [0.25, 0.3) is 10.8 Å². The first-order valence-electron chi connectivity index (χ1n) is 8.67. The predicted octanol–water partition coefficient (Wildman–Crippen LogP) is 2.89. The van der Waals surface area contributed by atoms with Crippen LogP contribution in [0.5, 0.6) is 5.75 Å². The lowest BCUT2D eigenvalue weighted by atomic mass is 10.0. The van der Waals surface area contributed by atoms with Crippen molar-refractivity contribution in [3.8, 4) is 5.75 Å². The zero-order valence-electron chi connectivity index (χ0n) is 15.3. The summed E-state index contributed by atoms with van der Waals surface area (Å²) in [6.07, 6.45) is 0.0427. The monoisotopic (exact) mass is 377 g/mol. The Morgan fingerprint density at radius 2 is 1.61 bits per heavy atom. The minimum Gasteiger partial charge on any atom is -0.497 e. The molecule has 0 radical (unpaired) electrons. The summed E-state index contributed by atoms with van der Waals surface area (Å²) in [4.78, 5) is 36.0. The maximum atomic E-state index is 12.1. The number of rotatable bonds is 6. The van der Waals surface area contributed by atoms with E-state index in [1.165, 1.54) is 19.2 Å². The molecule has 3 aromatic rings. The van der Waals surface area contributed by atoms with Crippen molar-refractivity contribution in [1.29, 1.82) is 0 Å². The van der Waals surface area contributed by atoms with Crippen LogP contribution >= 0.6 is 0 Å². The molecule has 0 aliphatic rings. The Labute approximate surface area is 162 Å². The summed E-state index contributed by atoms with van der Waals surface area (Å²) in [5, 5.41) is 4.17. The third-order valence-corrected chi connectivity index (χ3v) is 4.18. The fourth-order valence-electron chi connectivity index (χ4n) is 2.78. The Morgan fingerprint density at radius 1 is 0.893 bits per heavy atom. The average molecular weight is 377 g/mol. The molecule has 0 saturated heterocycles. The van der Waals surface area contributed by atoms with Crippen LogP contribution in [0.2, 0.25) is 0 Å². The van der Waals surface area contributed by atoms with Gasteiger partial charge in [0.05, 0.1) is 13.5 Å². The van der Waals surface area contributed by atoms with Gasteiger partial charge in [0, 0.05) is 5.56 Å².